The molecular weight excluding hydrogens is 1390 g/mol. The number of aryl methyl sites for hydroxylation is 6. The number of hydrogen-bond donors (Lipinski definition) is 0. The molecule has 13 heteroatoms. The lowest BCUT2D eigenvalue weighted by Gasteiger charge is -2.18. The molecule has 5 aromatic heterocycles. The Morgan fingerprint density at radius 3 is 1.01 bits per heavy atom. The van der Waals surface area contributed by atoms with Crippen LogP contribution in [0.25, 0.3) is 43.7 Å². The fourth-order valence-electron chi connectivity index (χ4n) is 13.0. The van der Waals surface area contributed by atoms with E-state index in [-0.39, 0.29) is 10.8 Å². The van der Waals surface area contributed by atoms with Crippen LogP contribution < -0.4 is 0 Å². The Balaban J connectivity index is 0.000000158. The van der Waals surface area contributed by atoms with Crippen LogP contribution in [0.4, 0.5) is 22.7 Å². The maximum absolute atomic E-state index is 6.03. The molecule has 0 saturated carbocycles. The van der Waals surface area contributed by atoms with Gasteiger partial charge in [0, 0.05) is 0 Å². The van der Waals surface area contributed by atoms with Gasteiger partial charge in [-0.25, -0.2) is 9.97 Å². The fraction of sp³-hybridized carbons (Fsp3) is 0.306. The summed E-state index contributed by atoms with van der Waals surface area (Å²) < 4.78 is 23.6. The summed E-state index contributed by atoms with van der Waals surface area (Å²) in [4.78, 5) is 39.7. The van der Waals surface area contributed by atoms with Crippen LogP contribution in [-0.4, -0.2) is 46.2 Å². The molecule has 0 fully saturated rings. The lowest BCUT2D eigenvalue weighted by atomic mass is 9.87. The molecule has 0 aliphatic carbocycles. The average Bonchev–Trinajstić information content (AvgIpc) is 1.67. The number of aromatic nitrogens is 2. The number of rotatable bonds is 19. The van der Waals surface area contributed by atoms with Gasteiger partial charge in [0.1, 0.15) is 34.1 Å². The van der Waals surface area contributed by atoms with E-state index in [1.54, 1.807) is 36.2 Å². The highest BCUT2D eigenvalue weighted by molar-refractivity contribution is 7.18. The molecule has 13 rings (SSSR count). The molecule has 12 nitrogen and oxygen atoms in total. The maximum Gasteiger partial charge on any atom is 0.237 e. The summed E-state index contributed by atoms with van der Waals surface area (Å²) >= 11 is 1.58. The Kier molecular flexibility index (Phi) is 27.6. The Labute approximate surface area is 662 Å². The Morgan fingerprint density at radius 2 is 0.694 bits per heavy atom. The van der Waals surface area contributed by atoms with Crippen molar-refractivity contribution in [2.45, 2.75) is 200 Å². The highest BCUT2D eigenvalue weighted by atomic mass is 32.1. The number of thiophene rings is 1. The van der Waals surface area contributed by atoms with Gasteiger partial charge in [-0.3, -0.25) is 30.0 Å². The van der Waals surface area contributed by atoms with E-state index in [0.717, 1.165) is 77.6 Å². The predicted octanol–water partition coefficient (Wildman–Crippen LogP) is 28.2. The smallest absolute Gasteiger partial charge is 0.237 e. The summed E-state index contributed by atoms with van der Waals surface area (Å²) in [5, 5.41) is 0. The van der Waals surface area contributed by atoms with E-state index < -0.39 is 0 Å². The third-order valence-corrected chi connectivity index (χ3v) is 20.2. The number of hydrogen-bond acceptors (Lipinski definition) is 13. The Bertz CT molecular complexity index is 5060. The van der Waals surface area contributed by atoms with Crippen LogP contribution in [0, 0.1) is 41.5 Å². The van der Waals surface area contributed by atoms with E-state index in [2.05, 4.69) is 281 Å². The van der Waals surface area contributed by atoms with E-state index in [9.17, 15) is 0 Å². The molecule has 0 bridgehead atoms. The zero-order valence-corrected chi connectivity index (χ0v) is 69.9. The first kappa shape index (κ1) is 82.5. The van der Waals surface area contributed by atoms with Crippen molar-refractivity contribution in [3.05, 3.63) is 295 Å². The van der Waals surface area contributed by atoms with Gasteiger partial charge in [-0.2, -0.15) is 0 Å². The van der Waals surface area contributed by atoms with E-state index in [4.69, 9.17) is 37.6 Å². The summed E-state index contributed by atoms with van der Waals surface area (Å²) in [6.45, 7) is 49.1. The zero-order chi connectivity index (χ0) is 79.8. The molecule has 0 spiro atoms. The Morgan fingerprint density at radius 1 is 0.369 bits per heavy atom. The number of para-hydroxylation sites is 2. The minimum absolute atomic E-state index is 0.0726. The van der Waals surface area contributed by atoms with Gasteiger partial charge in [0.2, 0.25) is 11.8 Å². The zero-order valence-electron chi connectivity index (χ0n) is 69.1. The average molecular weight is 1500 g/mol. The molecule has 0 N–H and O–H groups in total. The van der Waals surface area contributed by atoms with Crippen molar-refractivity contribution in [1.82, 2.24) is 9.97 Å². The predicted molar refractivity (Wildman–Crippen MR) is 471 cm³/mol. The first-order valence-electron chi connectivity index (χ1n) is 38.7. The minimum atomic E-state index is 0.0726. The molecular formula is C98H110N8O4S. The van der Waals surface area contributed by atoms with Crippen molar-refractivity contribution in [1.29, 1.82) is 0 Å². The number of aliphatic imine (C=N–C) groups is 6. The molecule has 0 radical (unpaired) electrons. The van der Waals surface area contributed by atoms with Crippen LogP contribution in [0.5, 0.6) is 0 Å². The van der Waals surface area contributed by atoms with Crippen LogP contribution >= 0.6 is 11.3 Å². The summed E-state index contributed by atoms with van der Waals surface area (Å²) in [7, 11) is 0. The van der Waals surface area contributed by atoms with Crippen molar-refractivity contribution in [3.63, 3.8) is 0 Å². The normalized spacial score (nSPS) is 12.4. The summed E-state index contributed by atoms with van der Waals surface area (Å²) in [5.41, 5.74) is 27.0. The second-order valence-electron chi connectivity index (χ2n) is 32.1. The van der Waals surface area contributed by atoms with Gasteiger partial charge >= 0.3 is 0 Å². The summed E-state index contributed by atoms with van der Waals surface area (Å²) in [6, 6.07) is 66.2. The minimum Gasteiger partial charge on any atom is -0.454 e. The quantitative estimate of drug-likeness (QED) is 0.0735. The number of furan rings is 2. The van der Waals surface area contributed by atoms with Crippen molar-refractivity contribution < 1.29 is 17.7 Å². The van der Waals surface area contributed by atoms with Crippen LogP contribution in [-0.2, 0) is 23.9 Å². The largest absolute Gasteiger partial charge is 0.454 e. The molecule has 8 aromatic carbocycles. The first-order valence-corrected chi connectivity index (χ1v) is 39.5. The molecule has 572 valence electrons. The summed E-state index contributed by atoms with van der Waals surface area (Å²) in [5.74, 6) is 5.89. The molecule has 111 heavy (non-hydrogen) atoms. The highest BCUT2D eigenvalue weighted by Gasteiger charge is 2.22. The second kappa shape index (κ2) is 37.1. The molecule has 5 heterocycles. The standard InChI is InChI=1S/C28H40N2.C26H26N2O2S.C24H26N2O.C20H18N2O/c1-17(2)23-13-11-14-24(18(3)4)27(23)29-21(9)22(10)30-28-25(19(5)6)15-12-16-26(28)20(7)8;1-25(2,3)15-7-9-19-17(13-15)27-23(29-19)21-11-12-22(31-21)24-28-18-14-16(26(4,5)6)8-10-20(18)30-24;1-15-9-17(3)23(18(4)10-15)25-13-21-7-8-22(27-21)14-26-24-19(5)11-16(2)12-20(24)6;1-3-7-17(8-4-1)13-21-15-19-11-12-20(23-19)16-22-14-18-9-5-2-6-10-18/h11-20H,1-10H3;7-14H,1-6H3;7-14H,1-6H3;1-12,15-16H,13-14H2. The van der Waals surface area contributed by atoms with Crippen molar-refractivity contribution in [2.24, 2.45) is 30.0 Å². The number of fused-ring (bicyclic) bond motifs is 2. The van der Waals surface area contributed by atoms with Crippen LogP contribution in [0.3, 0.4) is 0 Å². The number of oxazole rings is 2. The van der Waals surface area contributed by atoms with Gasteiger partial charge in [0.15, 0.2) is 11.2 Å². The fourth-order valence-corrected chi connectivity index (χ4v) is 13.9. The highest BCUT2D eigenvalue weighted by Crippen LogP contribution is 2.40. The molecule has 13 aromatic rings. The molecule has 0 aliphatic heterocycles. The topological polar surface area (TPSA) is 152 Å². The van der Waals surface area contributed by atoms with Crippen LogP contribution in [0.2, 0.25) is 0 Å². The monoisotopic (exact) mass is 1490 g/mol. The van der Waals surface area contributed by atoms with E-state index in [1.807, 2.05) is 84.9 Å². The van der Waals surface area contributed by atoms with E-state index in [0.29, 0.717) is 60.1 Å². The van der Waals surface area contributed by atoms with Gasteiger partial charge in [-0.1, -0.05) is 242 Å². The van der Waals surface area contributed by atoms with Gasteiger partial charge in [0.25, 0.3) is 0 Å². The van der Waals surface area contributed by atoms with Crippen molar-refractivity contribution >= 4 is 92.6 Å². The molecule has 0 atom stereocenters. The van der Waals surface area contributed by atoms with Gasteiger partial charge < -0.3 is 17.7 Å². The second-order valence-corrected chi connectivity index (χ2v) is 33.1. The van der Waals surface area contributed by atoms with Crippen molar-refractivity contribution in [2.75, 3.05) is 0 Å². The summed E-state index contributed by atoms with van der Waals surface area (Å²) in [6.07, 6.45) is 7.04. The van der Waals surface area contributed by atoms with E-state index >= 15 is 0 Å². The lowest BCUT2D eigenvalue weighted by molar-refractivity contribution is 0.552. The number of nitrogens with zero attached hydrogens (tertiary/aromatic N) is 8. The lowest BCUT2D eigenvalue weighted by Crippen LogP contribution is -2.10. The van der Waals surface area contributed by atoms with Gasteiger partial charge in [0.05, 0.1) is 81.9 Å². The Hall–Kier alpha value is -11.0. The van der Waals surface area contributed by atoms with Gasteiger partial charge in [-0.05, 0) is 217 Å². The third kappa shape index (κ3) is 22.4. The maximum atomic E-state index is 6.03. The molecule has 0 unspecified atom stereocenters. The number of benzene rings is 8. The van der Waals surface area contributed by atoms with E-state index in [1.165, 1.54) is 77.9 Å². The van der Waals surface area contributed by atoms with Gasteiger partial charge in [-0.15, -0.1) is 11.3 Å². The molecule has 0 aliphatic rings. The molecule has 0 amide bonds. The SMILES string of the molecule is C(=NCc1ccccc1)c1ccc(C=NCc2ccccc2)o1.CC(=Nc1c(C(C)C)cccc1C(C)C)C(C)=Nc1c(C(C)C)cccc1C(C)C.CC(C)(C)c1ccc2oc(-c3ccc(-c4nc5cc(C(C)(C)C)ccc5o4)s3)nc2c1.Cc1cc(C)c(N=Cc2ccc(C=Nc3c(C)cc(C)cc3C)o2)c(C)c1. The van der Waals surface area contributed by atoms with Crippen LogP contribution in [0.1, 0.15) is 235 Å². The van der Waals surface area contributed by atoms with Crippen LogP contribution in [0.15, 0.2) is 242 Å². The molecule has 0 saturated heterocycles. The van der Waals surface area contributed by atoms with Crippen molar-refractivity contribution in [3.8, 4) is 21.5 Å². The first-order chi connectivity index (χ1) is 52.8. The third-order valence-electron chi connectivity index (χ3n) is 19.2.